The van der Waals surface area contributed by atoms with Gasteiger partial charge < -0.3 is 28.9 Å². The molecule has 2 aliphatic rings. The molecule has 0 aliphatic carbocycles. The third kappa shape index (κ3) is 21.7. The first-order chi connectivity index (χ1) is 26.8. The predicted octanol–water partition coefficient (Wildman–Crippen LogP) is 8.81. The van der Waals surface area contributed by atoms with Crippen LogP contribution in [0.3, 0.4) is 0 Å². The average Bonchev–Trinajstić information content (AvgIpc) is 3.87. The second-order valence-electron chi connectivity index (χ2n) is 16.6. The number of hydrogen-bond acceptors (Lipinski definition) is 11. The topological polar surface area (TPSA) is 142 Å². The van der Waals surface area contributed by atoms with Gasteiger partial charge in [-0.2, -0.15) is 10.5 Å². The molecule has 0 bridgehead atoms. The quantitative estimate of drug-likeness (QED) is 0.122. The summed E-state index contributed by atoms with van der Waals surface area (Å²) in [6.07, 6.45) is 2.34. The number of carbonyl (C=O) groups is 3. The van der Waals surface area contributed by atoms with Gasteiger partial charge in [0.1, 0.15) is 30.0 Å². The molecule has 2 saturated heterocycles. The van der Waals surface area contributed by atoms with Gasteiger partial charge in [0.15, 0.2) is 0 Å². The number of aliphatic hydroxyl groups excluding tert-OH is 1. The zero-order valence-corrected chi connectivity index (χ0v) is 35.6. The molecule has 2 heterocycles. The van der Waals surface area contributed by atoms with Gasteiger partial charge >= 0.3 is 18.0 Å². The summed E-state index contributed by atoms with van der Waals surface area (Å²) in [6, 6.07) is 30.9. The monoisotopic (exact) mass is 794 g/mol. The normalized spacial score (nSPS) is 17.0. The highest BCUT2D eigenvalue weighted by Gasteiger charge is 2.34. The Labute approximate surface area is 340 Å². The van der Waals surface area contributed by atoms with Crippen LogP contribution in [0, 0.1) is 0 Å². The highest BCUT2D eigenvalue weighted by Crippen LogP contribution is 2.31. The van der Waals surface area contributed by atoms with Gasteiger partial charge in [0.2, 0.25) is 0 Å². The van der Waals surface area contributed by atoms with Crippen LogP contribution in [0.2, 0.25) is 0 Å². The molecule has 0 aromatic heterocycles. The number of ether oxygens (including phenoxy) is 4. The van der Waals surface area contributed by atoms with Crippen LogP contribution in [-0.2, 0) is 38.2 Å². The van der Waals surface area contributed by atoms with Gasteiger partial charge in [-0.05, 0) is 97.8 Å². The number of nitrogens with one attached hydrogen (secondary N) is 1. The van der Waals surface area contributed by atoms with Gasteiger partial charge in [-0.1, -0.05) is 97.9 Å². The average molecular weight is 795 g/mol. The third-order valence-electron chi connectivity index (χ3n) is 7.85. The lowest BCUT2D eigenvalue weighted by molar-refractivity contribution is -0.160. The maximum atomic E-state index is 12.0. The van der Waals surface area contributed by atoms with Gasteiger partial charge in [-0.3, -0.25) is 4.84 Å². The van der Waals surface area contributed by atoms with Gasteiger partial charge in [-0.25, -0.2) is 14.4 Å². The summed E-state index contributed by atoms with van der Waals surface area (Å²) in [7, 11) is 0. The summed E-state index contributed by atoms with van der Waals surface area (Å²) in [5.41, 5.74) is 5.21. The molecule has 3 atom stereocenters. The van der Waals surface area contributed by atoms with E-state index in [0.717, 1.165) is 31.4 Å². The fourth-order valence-electron chi connectivity index (χ4n) is 5.36. The Morgan fingerprint density at radius 2 is 1.23 bits per heavy atom. The molecule has 316 valence electrons. The molecule has 2 N–H and O–H groups in total. The van der Waals surface area contributed by atoms with Crippen molar-refractivity contribution in [2.24, 2.45) is 0 Å². The molecule has 0 unspecified atom stereocenters. The molecule has 12 heteroatoms. The molecule has 2 fully saturated rings. The Balaban J connectivity index is 0.000000274. The van der Waals surface area contributed by atoms with E-state index in [1.54, 1.807) is 20.8 Å². The standard InChI is InChI=1S/C16H24O3.C14H19NO3.C9H11NO.C6H12O3/c1-13(14-8-6-5-7-9-14)10-11-18-12-15(17)19-16(2,3)4;1-14(2,3)18-13(16)15-12(9-10-17-15)11-7-5-4-6-8-11;1-2-4-8(5-3-1)9-6-7-11-10-9;1-6(2,3)9-5(8)4-7/h5-9,13H,10-12H2,1-4H3;4-8,12H,9-10H2,1-3H3;1-5,9-10H,6-7H2;7H,4H2,1-3H3/t13-;12-;9-;/m011./s1. The first-order valence-electron chi connectivity index (χ1n) is 19.6. The minimum atomic E-state index is -0.581. The van der Waals surface area contributed by atoms with Crippen LogP contribution in [0.4, 0.5) is 4.79 Å². The Morgan fingerprint density at radius 3 is 1.70 bits per heavy atom. The van der Waals surface area contributed by atoms with Gasteiger partial charge in [0.05, 0.1) is 25.3 Å². The first-order valence-corrected chi connectivity index (χ1v) is 19.6. The maximum Gasteiger partial charge on any atom is 0.435 e. The number of carbonyl (C=O) groups excluding carboxylic acids is 3. The fourth-order valence-corrected chi connectivity index (χ4v) is 5.36. The lowest BCUT2D eigenvalue weighted by atomic mass is 9.98. The minimum absolute atomic E-state index is 0.0266. The smallest absolute Gasteiger partial charge is 0.435 e. The van der Waals surface area contributed by atoms with Crippen molar-refractivity contribution >= 4 is 18.0 Å². The fraction of sp³-hybridized carbons (Fsp3) is 0.533. The van der Waals surface area contributed by atoms with Crippen molar-refractivity contribution in [1.29, 1.82) is 0 Å². The summed E-state index contributed by atoms with van der Waals surface area (Å²) >= 11 is 0. The van der Waals surface area contributed by atoms with Crippen molar-refractivity contribution < 1.29 is 48.1 Å². The summed E-state index contributed by atoms with van der Waals surface area (Å²) < 4.78 is 20.6. The van der Waals surface area contributed by atoms with Crippen molar-refractivity contribution in [3.05, 3.63) is 108 Å². The number of aliphatic hydroxyl groups is 1. The van der Waals surface area contributed by atoms with Crippen LogP contribution in [0.25, 0.3) is 0 Å². The van der Waals surface area contributed by atoms with E-state index in [9.17, 15) is 14.4 Å². The molecule has 0 saturated carbocycles. The van der Waals surface area contributed by atoms with Gasteiger partial charge in [0.25, 0.3) is 0 Å². The maximum absolute atomic E-state index is 12.0. The van der Waals surface area contributed by atoms with Crippen molar-refractivity contribution in [2.45, 2.75) is 123 Å². The molecule has 0 spiro atoms. The summed E-state index contributed by atoms with van der Waals surface area (Å²) in [5, 5.41) is 9.57. The number of esters is 2. The molecule has 1 amide bonds. The van der Waals surface area contributed by atoms with Gasteiger partial charge in [-0.15, -0.1) is 0 Å². The number of benzene rings is 3. The molecular formula is C45H66N2O10. The second kappa shape index (κ2) is 24.4. The van der Waals surface area contributed by atoms with E-state index in [0.29, 0.717) is 25.2 Å². The van der Waals surface area contributed by atoms with Crippen LogP contribution in [-0.4, -0.2) is 78.0 Å². The van der Waals surface area contributed by atoms with Gasteiger partial charge in [0, 0.05) is 13.0 Å². The molecule has 2 aliphatic heterocycles. The Morgan fingerprint density at radius 1 is 0.719 bits per heavy atom. The Kier molecular flexibility index (Phi) is 20.9. The van der Waals surface area contributed by atoms with E-state index < -0.39 is 35.5 Å². The highest BCUT2D eigenvalue weighted by atomic mass is 16.7. The van der Waals surface area contributed by atoms with Crippen molar-refractivity contribution in [1.82, 2.24) is 10.5 Å². The van der Waals surface area contributed by atoms with E-state index in [4.69, 9.17) is 33.7 Å². The van der Waals surface area contributed by atoms with E-state index >= 15 is 0 Å². The Hall–Kier alpha value is -4.33. The van der Waals surface area contributed by atoms with E-state index in [1.807, 2.05) is 96.1 Å². The van der Waals surface area contributed by atoms with Crippen molar-refractivity contribution in [2.75, 3.05) is 33.0 Å². The van der Waals surface area contributed by atoms with Crippen LogP contribution >= 0.6 is 0 Å². The Bertz CT molecular complexity index is 1560. The van der Waals surface area contributed by atoms with Crippen LogP contribution in [0.1, 0.15) is 123 Å². The van der Waals surface area contributed by atoms with Crippen molar-refractivity contribution in [3.63, 3.8) is 0 Å². The number of amides is 1. The number of nitrogens with zero attached hydrogens (tertiary/aromatic N) is 1. The SMILES string of the molecule is CC(C)(C)OC(=O)CO.CC(C)(C)OC(=O)N1OCC[C@@H]1c1ccccc1.C[C@@H](CCOCC(=O)OC(C)(C)C)c1ccccc1.c1ccc([C@H]2CCON2)cc1. The largest absolute Gasteiger partial charge is 0.458 e. The lowest BCUT2D eigenvalue weighted by Gasteiger charge is -2.27. The van der Waals surface area contributed by atoms with Crippen LogP contribution in [0.15, 0.2) is 91.0 Å². The number of hydroxylamine groups is 3. The van der Waals surface area contributed by atoms with E-state index in [2.05, 4.69) is 48.8 Å². The molecule has 0 radical (unpaired) electrons. The summed E-state index contributed by atoms with van der Waals surface area (Å²) in [6.45, 7) is 19.9. The molecule has 3 aromatic rings. The lowest BCUT2D eigenvalue weighted by Crippen LogP contribution is -2.35. The zero-order valence-electron chi connectivity index (χ0n) is 35.6. The highest BCUT2D eigenvalue weighted by molar-refractivity contribution is 5.71. The predicted molar refractivity (Wildman–Crippen MR) is 220 cm³/mol. The van der Waals surface area contributed by atoms with Crippen LogP contribution in [0.5, 0.6) is 0 Å². The van der Waals surface area contributed by atoms with Crippen molar-refractivity contribution in [3.8, 4) is 0 Å². The number of hydrogen-bond donors (Lipinski definition) is 2. The third-order valence-corrected chi connectivity index (χ3v) is 7.85. The van der Waals surface area contributed by atoms with E-state index in [1.165, 1.54) is 16.2 Å². The molecule has 57 heavy (non-hydrogen) atoms. The molecular weight excluding hydrogens is 728 g/mol. The number of rotatable bonds is 9. The second-order valence-corrected chi connectivity index (χ2v) is 16.6. The zero-order chi connectivity index (χ0) is 42.5. The first kappa shape index (κ1) is 48.8. The molecule has 5 rings (SSSR count). The summed E-state index contributed by atoms with van der Waals surface area (Å²) in [4.78, 5) is 44.3. The molecule has 3 aromatic carbocycles. The summed E-state index contributed by atoms with van der Waals surface area (Å²) in [5.74, 6) is -0.456. The van der Waals surface area contributed by atoms with Crippen LogP contribution < -0.4 is 5.48 Å². The van der Waals surface area contributed by atoms with E-state index in [-0.39, 0.29) is 18.6 Å². The molecule has 12 nitrogen and oxygen atoms in total. The minimum Gasteiger partial charge on any atom is -0.458 e.